The fraction of sp³-hybridized carbons (Fsp3) is 0.444. The molecule has 6 nitrogen and oxygen atoms in total. The van der Waals surface area contributed by atoms with E-state index in [0.29, 0.717) is 30.5 Å². The summed E-state index contributed by atoms with van der Waals surface area (Å²) in [6.07, 6.45) is 0.958. The van der Waals surface area contributed by atoms with Crippen LogP contribution in [0.25, 0.3) is 0 Å². The molecule has 0 unspecified atom stereocenters. The molecule has 3 rings (SSSR count). The van der Waals surface area contributed by atoms with E-state index in [1.54, 1.807) is 13.8 Å². The standard InChI is InChI=1S/C18H23N3O3/c1-4-24-17(22)16-12(3)19-18(23)20-14(16)10-21-11(2)9-13-7-5-6-8-15(13)21/h5-8,11-12H,4,9-10H2,1-3H3,(H2,19,20,23)/t11-,12-/m1/s1. The molecule has 0 saturated heterocycles. The SMILES string of the molecule is CCOC(=O)C1=C(CN2c3ccccc3C[C@H]2C)NC(=O)N[C@@H]1C. The lowest BCUT2D eigenvalue weighted by atomic mass is 10.0. The van der Waals surface area contributed by atoms with E-state index in [-0.39, 0.29) is 18.0 Å². The quantitative estimate of drug-likeness (QED) is 0.829. The van der Waals surface area contributed by atoms with E-state index in [1.807, 2.05) is 12.1 Å². The first-order chi connectivity index (χ1) is 11.5. The maximum atomic E-state index is 12.3. The van der Waals surface area contributed by atoms with Crippen LogP contribution in [0.4, 0.5) is 10.5 Å². The van der Waals surface area contributed by atoms with Crippen molar-refractivity contribution in [2.75, 3.05) is 18.1 Å². The first-order valence-electron chi connectivity index (χ1n) is 8.33. The van der Waals surface area contributed by atoms with Crippen molar-refractivity contribution in [2.45, 2.75) is 39.3 Å². The summed E-state index contributed by atoms with van der Waals surface area (Å²) in [4.78, 5) is 26.4. The lowest BCUT2D eigenvalue weighted by Crippen LogP contribution is -2.51. The van der Waals surface area contributed by atoms with E-state index >= 15 is 0 Å². The molecule has 0 bridgehead atoms. The number of carbonyl (C=O) groups is 2. The molecule has 6 heteroatoms. The number of benzene rings is 1. The molecule has 0 aliphatic carbocycles. The van der Waals surface area contributed by atoms with Gasteiger partial charge in [-0.05, 0) is 38.8 Å². The van der Waals surface area contributed by atoms with E-state index in [0.717, 1.165) is 12.1 Å². The third-order valence-corrected chi connectivity index (χ3v) is 4.54. The van der Waals surface area contributed by atoms with Gasteiger partial charge in [0.1, 0.15) is 0 Å². The number of carbonyl (C=O) groups excluding carboxylic acids is 2. The minimum atomic E-state index is -0.382. The van der Waals surface area contributed by atoms with Crippen LogP contribution >= 0.6 is 0 Å². The third kappa shape index (κ3) is 2.96. The number of urea groups is 1. The topological polar surface area (TPSA) is 70.7 Å². The van der Waals surface area contributed by atoms with E-state index < -0.39 is 0 Å². The number of rotatable bonds is 4. The van der Waals surface area contributed by atoms with Gasteiger partial charge in [0, 0.05) is 11.7 Å². The summed E-state index contributed by atoms with van der Waals surface area (Å²) in [5, 5.41) is 5.53. The predicted molar refractivity (Wildman–Crippen MR) is 91.7 cm³/mol. The van der Waals surface area contributed by atoms with Crippen molar-refractivity contribution in [1.82, 2.24) is 10.6 Å². The molecule has 2 atom stereocenters. The van der Waals surface area contributed by atoms with Gasteiger partial charge in [-0.25, -0.2) is 9.59 Å². The molecular formula is C18H23N3O3. The molecule has 0 radical (unpaired) electrons. The minimum Gasteiger partial charge on any atom is -0.463 e. The summed E-state index contributed by atoms with van der Waals surface area (Å²) in [6, 6.07) is 7.89. The van der Waals surface area contributed by atoms with Crippen molar-refractivity contribution < 1.29 is 14.3 Å². The van der Waals surface area contributed by atoms with Gasteiger partial charge in [-0.3, -0.25) is 0 Å². The van der Waals surface area contributed by atoms with Crippen LogP contribution in [-0.2, 0) is 16.0 Å². The number of hydrogen-bond donors (Lipinski definition) is 2. The Bertz CT molecular complexity index is 699. The van der Waals surface area contributed by atoms with Gasteiger partial charge in [-0.2, -0.15) is 0 Å². The van der Waals surface area contributed by atoms with Gasteiger partial charge in [0.25, 0.3) is 0 Å². The fourth-order valence-corrected chi connectivity index (χ4v) is 3.45. The molecule has 1 aromatic carbocycles. The Hall–Kier alpha value is -2.50. The van der Waals surface area contributed by atoms with Crippen LogP contribution in [0, 0.1) is 0 Å². The maximum absolute atomic E-state index is 12.3. The van der Waals surface area contributed by atoms with Crippen molar-refractivity contribution in [1.29, 1.82) is 0 Å². The smallest absolute Gasteiger partial charge is 0.337 e. The zero-order chi connectivity index (χ0) is 17.3. The highest BCUT2D eigenvalue weighted by Crippen LogP contribution is 2.32. The summed E-state index contributed by atoms with van der Waals surface area (Å²) >= 11 is 0. The number of nitrogens with one attached hydrogen (secondary N) is 2. The van der Waals surface area contributed by atoms with Crippen molar-refractivity contribution in [3.05, 3.63) is 41.1 Å². The summed E-state index contributed by atoms with van der Waals surface area (Å²) in [5.41, 5.74) is 3.55. The predicted octanol–water partition coefficient (Wildman–Crippen LogP) is 1.96. The summed E-state index contributed by atoms with van der Waals surface area (Å²) in [6.45, 7) is 6.50. The molecular weight excluding hydrogens is 306 g/mol. The maximum Gasteiger partial charge on any atom is 0.337 e. The van der Waals surface area contributed by atoms with E-state index in [1.165, 1.54) is 5.56 Å². The van der Waals surface area contributed by atoms with E-state index in [2.05, 4.69) is 34.6 Å². The minimum absolute atomic E-state index is 0.286. The van der Waals surface area contributed by atoms with E-state index in [4.69, 9.17) is 4.74 Å². The van der Waals surface area contributed by atoms with Gasteiger partial charge in [-0.1, -0.05) is 18.2 Å². The van der Waals surface area contributed by atoms with Crippen LogP contribution in [0.2, 0.25) is 0 Å². The normalized spacial score (nSPS) is 22.8. The van der Waals surface area contributed by atoms with Gasteiger partial charge >= 0.3 is 12.0 Å². The Morgan fingerprint density at radius 1 is 1.33 bits per heavy atom. The monoisotopic (exact) mass is 329 g/mol. The van der Waals surface area contributed by atoms with Crippen LogP contribution in [-0.4, -0.2) is 37.2 Å². The lowest BCUT2D eigenvalue weighted by molar-refractivity contribution is -0.139. The van der Waals surface area contributed by atoms with Gasteiger partial charge in [0.2, 0.25) is 0 Å². The van der Waals surface area contributed by atoms with Gasteiger partial charge in [0.05, 0.1) is 30.5 Å². The van der Waals surface area contributed by atoms with Crippen LogP contribution < -0.4 is 15.5 Å². The molecule has 2 aliphatic heterocycles. The average molecular weight is 329 g/mol. The molecule has 2 amide bonds. The summed E-state index contributed by atoms with van der Waals surface area (Å²) in [7, 11) is 0. The molecule has 0 aromatic heterocycles. The number of ether oxygens (including phenoxy) is 1. The van der Waals surface area contributed by atoms with Crippen molar-refractivity contribution in [3.8, 4) is 0 Å². The molecule has 0 fully saturated rings. The zero-order valence-electron chi connectivity index (χ0n) is 14.3. The Labute approximate surface area is 141 Å². The van der Waals surface area contributed by atoms with Gasteiger partial charge in [0.15, 0.2) is 0 Å². The number of nitrogens with zero attached hydrogens (tertiary/aromatic N) is 1. The molecule has 128 valence electrons. The highest BCUT2D eigenvalue weighted by Gasteiger charge is 2.33. The molecule has 0 spiro atoms. The lowest BCUT2D eigenvalue weighted by Gasteiger charge is -2.31. The second-order valence-electron chi connectivity index (χ2n) is 6.24. The first-order valence-corrected chi connectivity index (χ1v) is 8.33. The van der Waals surface area contributed by atoms with Crippen molar-refractivity contribution >= 4 is 17.7 Å². The number of hydrogen-bond acceptors (Lipinski definition) is 4. The van der Waals surface area contributed by atoms with Gasteiger partial charge < -0.3 is 20.3 Å². The Morgan fingerprint density at radius 3 is 2.83 bits per heavy atom. The molecule has 0 saturated carbocycles. The average Bonchev–Trinajstić information content (AvgIpc) is 2.83. The molecule has 1 aromatic rings. The van der Waals surface area contributed by atoms with Crippen molar-refractivity contribution in [2.24, 2.45) is 0 Å². The second kappa shape index (κ2) is 6.55. The third-order valence-electron chi connectivity index (χ3n) is 4.54. The number of esters is 1. The Balaban J connectivity index is 1.94. The molecule has 2 aliphatic rings. The number of amides is 2. The van der Waals surface area contributed by atoms with Crippen LogP contribution in [0.5, 0.6) is 0 Å². The first kappa shape index (κ1) is 16.4. The van der Waals surface area contributed by atoms with Crippen LogP contribution in [0.1, 0.15) is 26.3 Å². The number of fused-ring (bicyclic) bond motifs is 1. The number of para-hydroxylation sites is 1. The van der Waals surface area contributed by atoms with E-state index in [9.17, 15) is 9.59 Å². The number of anilines is 1. The fourth-order valence-electron chi connectivity index (χ4n) is 3.45. The largest absolute Gasteiger partial charge is 0.463 e. The molecule has 2 N–H and O–H groups in total. The highest BCUT2D eigenvalue weighted by atomic mass is 16.5. The zero-order valence-corrected chi connectivity index (χ0v) is 14.3. The molecule has 2 heterocycles. The van der Waals surface area contributed by atoms with Crippen LogP contribution in [0.3, 0.4) is 0 Å². The second-order valence-corrected chi connectivity index (χ2v) is 6.24. The molecule has 24 heavy (non-hydrogen) atoms. The van der Waals surface area contributed by atoms with Crippen LogP contribution in [0.15, 0.2) is 35.5 Å². The summed E-state index contributed by atoms with van der Waals surface area (Å²) in [5.74, 6) is -0.382. The Kier molecular flexibility index (Phi) is 4.46. The van der Waals surface area contributed by atoms with Gasteiger partial charge in [-0.15, -0.1) is 0 Å². The highest BCUT2D eigenvalue weighted by molar-refractivity contribution is 5.95. The summed E-state index contributed by atoms with van der Waals surface area (Å²) < 4.78 is 5.17. The Morgan fingerprint density at radius 2 is 2.08 bits per heavy atom. The van der Waals surface area contributed by atoms with Crippen molar-refractivity contribution in [3.63, 3.8) is 0 Å².